The molecule has 0 saturated carbocycles. The largest absolute Gasteiger partial charge is 0.330 e. The molecule has 1 nitrogen and oxygen atoms in total. The predicted octanol–water partition coefficient (Wildman–Crippen LogP) is 3.72. The minimum absolute atomic E-state index is 0.526. The van der Waals surface area contributed by atoms with E-state index in [-0.39, 0.29) is 0 Å². The van der Waals surface area contributed by atoms with Crippen LogP contribution in [0.3, 0.4) is 0 Å². The smallest absolute Gasteiger partial charge is 0.00721 e. The van der Waals surface area contributed by atoms with Crippen molar-refractivity contribution in [3.8, 4) is 0 Å². The molecule has 0 bridgehead atoms. The molecule has 2 N–H and O–H groups in total. The van der Waals surface area contributed by atoms with Crippen LogP contribution in [0.2, 0.25) is 0 Å². The van der Waals surface area contributed by atoms with Gasteiger partial charge in [-0.3, -0.25) is 0 Å². The van der Waals surface area contributed by atoms with Crippen LogP contribution in [-0.2, 0) is 0 Å². The van der Waals surface area contributed by atoms with Crippen LogP contribution in [-0.4, -0.2) is 6.54 Å². The molecule has 0 heterocycles. The third-order valence-corrected chi connectivity index (χ3v) is 2.99. The summed E-state index contributed by atoms with van der Waals surface area (Å²) in [6, 6.07) is 0. The second-order valence-electron chi connectivity index (χ2n) is 4.56. The van der Waals surface area contributed by atoms with E-state index in [0.29, 0.717) is 5.41 Å². The first kappa shape index (κ1) is 13.0. The van der Waals surface area contributed by atoms with E-state index in [4.69, 9.17) is 5.73 Å². The Labute approximate surface area is 84.1 Å². The molecule has 1 unspecified atom stereocenters. The zero-order valence-corrected chi connectivity index (χ0v) is 9.73. The van der Waals surface area contributed by atoms with Crippen molar-refractivity contribution >= 4 is 0 Å². The van der Waals surface area contributed by atoms with Gasteiger partial charge in [-0.15, -0.1) is 0 Å². The highest BCUT2D eigenvalue weighted by Crippen LogP contribution is 2.33. The summed E-state index contributed by atoms with van der Waals surface area (Å²) < 4.78 is 0. The fourth-order valence-electron chi connectivity index (χ4n) is 2.13. The van der Waals surface area contributed by atoms with Gasteiger partial charge in [0, 0.05) is 0 Å². The molecule has 0 radical (unpaired) electrons. The van der Waals surface area contributed by atoms with Crippen LogP contribution in [0.4, 0.5) is 0 Å². The van der Waals surface area contributed by atoms with Gasteiger partial charge < -0.3 is 5.73 Å². The second kappa shape index (κ2) is 7.37. The highest BCUT2D eigenvalue weighted by Gasteiger charge is 2.21. The van der Waals surface area contributed by atoms with E-state index < -0.39 is 0 Å². The lowest BCUT2D eigenvalue weighted by Crippen LogP contribution is -2.20. The molecule has 0 aromatic rings. The molecule has 13 heavy (non-hydrogen) atoms. The summed E-state index contributed by atoms with van der Waals surface area (Å²) in [7, 11) is 0. The van der Waals surface area contributed by atoms with Crippen LogP contribution >= 0.6 is 0 Å². The second-order valence-corrected chi connectivity index (χ2v) is 4.56. The molecule has 0 aliphatic rings. The third kappa shape index (κ3) is 6.09. The first-order valence-electron chi connectivity index (χ1n) is 5.88. The van der Waals surface area contributed by atoms with Crippen LogP contribution in [0.15, 0.2) is 0 Å². The van der Waals surface area contributed by atoms with Gasteiger partial charge in [-0.05, 0) is 31.2 Å². The fraction of sp³-hybridized carbons (Fsp3) is 1.00. The van der Waals surface area contributed by atoms with E-state index in [1.54, 1.807) is 0 Å². The molecule has 0 aliphatic carbocycles. The van der Waals surface area contributed by atoms with Gasteiger partial charge in [0.25, 0.3) is 0 Å². The van der Waals surface area contributed by atoms with Gasteiger partial charge in [-0.25, -0.2) is 0 Å². The van der Waals surface area contributed by atoms with Crippen molar-refractivity contribution in [3.05, 3.63) is 0 Å². The summed E-state index contributed by atoms with van der Waals surface area (Å²) in [6.07, 6.45) is 9.29. The molecule has 80 valence electrons. The Balaban J connectivity index is 3.76. The SMILES string of the molecule is CCCCCC(C)(CCC)CCN. The third-order valence-electron chi connectivity index (χ3n) is 2.99. The molecule has 0 amide bonds. The normalized spacial score (nSPS) is 15.7. The van der Waals surface area contributed by atoms with E-state index in [0.717, 1.165) is 6.54 Å². The van der Waals surface area contributed by atoms with Crippen LogP contribution in [0, 0.1) is 5.41 Å². The quantitative estimate of drug-likeness (QED) is 0.573. The number of hydrogen-bond acceptors (Lipinski definition) is 1. The molecular formula is C12H27N. The number of rotatable bonds is 8. The highest BCUT2D eigenvalue weighted by atomic mass is 14.5. The zero-order chi connectivity index (χ0) is 10.2. The summed E-state index contributed by atoms with van der Waals surface area (Å²) >= 11 is 0. The van der Waals surface area contributed by atoms with Crippen molar-refractivity contribution in [1.82, 2.24) is 0 Å². The summed E-state index contributed by atoms with van der Waals surface area (Å²) in [6.45, 7) is 7.79. The van der Waals surface area contributed by atoms with Gasteiger partial charge in [-0.2, -0.15) is 0 Å². The lowest BCUT2D eigenvalue weighted by atomic mass is 9.78. The average molecular weight is 185 g/mol. The number of hydrogen-bond donors (Lipinski definition) is 1. The van der Waals surface area contributed by atoms with Crippen LogP contribution in [0.5, 0.6) is 0 Å². The molecule has 0 fully saturated rings. The van der Waals surface area contributed by atoms with E-state index in [9.17, 15) is 0 Å². The molecule has 0 aliphatic heterocycles. The van der Waals surface area contributed by atoms with Gasteiger partial charge in [0.1, 0.15) is 0 Å². The van der Waals surface area contributed by atoms with E-state index >= 15 is 0 Å². The van der Waals surface area contributed by atoms with Gasteiger partial charge in [-0.1, -0.05) is 46.5 Å². The Hall–Kier alpha value is -0.0400. The van der Waals surface area contributed by atoms with Crippen LogP contribution < -0.4 is 5.73 Å². The van der Waals surface area contributed by atoms with Crippen molar-refractivity contribution in [2.45, 2.75) is 65.7 Å². The maximum Gasteiger partial charge on any atom is -0.00721 e. The maximum atomic E-state index is 5.65. The Morgan fingerprint density at radius 2 is 1.62 bits per heavy atom. The maximum absolute atomic E-state index is 5.65. The number of unbranched alkanes of at least 4 members (excludes halogenated alkanes) is 2. The Kier molecular flexibility index (Phi) is 7.35. The van der Waals surface area contributed by atoms with E-state index in [2.05, 4.69) is 20.8 Å². The zero-order valence-electron chi connectivity index (χ0n) is 9.73. The van der Waals surface area contributed by atoms with Crippen molar-refractivity contribution in [2.24, 2.45) is 11.1 Å². The molecule has 0 rings (SSSR count). The topological polar surface area (TPSA) is 26.0 Å². The highest BCUT2D eigenvalue weighted by molar-refractivity contribution is 4.74. The molecule has 0 aromatic carbocycles. The Morgan fingerprint density at radius 1 is 0.923 bits per heavy atom. The monoisotopic (exact) mass is 185 g/mol. The van der Waals surface area contributed by atoms with E-state index in [1.165, 1.54) is 44.9 Å². The predicted molar refractivity (Wildman–Crippen MR) is 60.8 cm³/mol. The van der Waals surface area contributed by atoms with Crippen LogP contribution in [0.25, 0.3) is 0 Å². The lowest BCUT2D eigenvalue weighted by Gasteiger charge is -2.28. The standard InChI is InChI=1S/C12H27N/c1-4-6-7-9-12(3,8-5-2)10-11-13/h4-11,13H2,1-3H3. The van der Waals surface area contributed by atoms with Crippen molar-refractivity contribution in [2.75, 3.05) is 6.54 Å². The fourth-order valence-corrected chi connectivity index (χ4v) is 2.13. The summed E-state index contributed by atoms with van der Waals surface area (Å²) in [5, 5.41) is 0. The Morgan fingerprint density at radius 3 is 2.08 bits per heavy atom. The van der Waals surface area contributed by atoms with Crippen molar-refractivity contribution in [3.63, 3.8) is 0 Å². The summed E-state index contributed by atoms with van der Waals surface area (Å²) in [4.78, 5) is 0. The molecule has 0 spiro atoms. The first-order valence-corrected chi connectivity index (χ1v) is 5.88. The molecular weight excluding hydrogens is 158 g/mol. The summed E-state index contributed by atoms with van der Waals surface area (Å²) in [5.74, 6) is 0. The molecule has 1 heteroatoms. The van der Waals surface area contributed by atoms with Gasteiger partial charge in [0.15, 0.2) is 0 Å². The Bertz CT molecular complexity index is 104. The van der Waals surface area contributed by atoms with Crippen LogP contribution in [0.1, 0.15) is 65.7 Å². The number of nitrogens with two attached hydrogens (primary N) is 1. The first-order chi connectivity index (χ1) is 6.18. The molecule has 0 saturated heterocycles. The average Bonchev–Trinajstić information content (AvgIpc) is 2.05. The summed E-state index contributed by atoms with van der Waals surface area (Å²) in [5.41, 5.74) is 6.18. The van der Waals surface area contributed by atoms with Crippen molar-refractivity contribution < 1.29 is 0 Å². The minimum atomic E-state index is 0.526. The lowest BCUT2D eigenvalue weighted by molar-refractivity contribution is 0.242. The minimum Gasteiger partial charge on any atom is -0.330 e. The molecule has 1 atom stereocenters. The van der Waals surface area contributed by atoms with E-state index in [1.807, 2.05) is 0 Å². The van der Waals surface area contributed by atoms with Crippen molar-refractivity contribution in [1.29, 1.82) is 0 Å². The van der Waals surface area contributed by atoms with Gasteiger partial charge in [0.05, 0.1) is 0 Å². The van der Waals surface area contributed by atoms with Gasteiger partial charge >= 0.3 is 0 Å². The molecule has 0 aromatic heterocycles. The van der Waals surface area contributed by atoms with Gasteiger partial charge in [0.2, 0.25) is 0 Å².